The third-order valence-corrected chi connectivity index (χ3v) is 25.3. The van der Waals surface area contributed by atoms with Gasteiger partial charge in [0.15, 0.2) is 5.65 Å². The highest BCUT2D eigenvalue weighted by Gasteiger charge is 2.31. The molecule has 0 amide bonds. The summed E-state index contributed by atoms with van der Waals surface area (Å²) in [6.07, 6.45) is 15.7. The van der Waals surface area contributed by atoms with Crippen molar-refractivity contribution in [3.8, 4) is 0 Å². The van der Waals surface area contributed by atoms with Crippen LogP contribution in [0.1, 0.15) is 104 Å². The highest BCUT2D eigenvalue weighted by Crippen LogP contribution is 2.34. The van der Waals surface area contributed by atoms with Gasteiger partial charge in [-0.2, -0.15) is 0 Å². The number of hydrogen-bond acceptors (Lipinski definition) is 25. The Morgan fingerprint density at radius 2 is 0.661 bits per heavy atom. The van der Waals surface area contributed by atoms with Gasteiger partial charge in [-0.1, -0.05) is 69.6 Å². The second-order valence-electron chi connectivity index (χ2n) is 26.4. The number of pyridine rings is 4. The van der Waals surface area contributed by atoms with Crippen molar-refractivity contribution in [3.63, 3.8) is 0 Å². The zero-order valence-electron chi connectivity index (χ0n) is 63.4. The number of hydrogen-bond donors (Lipinski definition) is 8. The summed E-state index contributed by atoms with van der Waals surface area (Å²) < 4.78 is 113. The topological polar surface area (TPSA) is 484 Å². The maximum absolute atomic E-state index is 13.3. The normalized spacial score (nSPS) is 11.6. The lowest BCUT2D eigenvalue weighted by Crippen LogP contribution is -2.18. The van der Waals surface area contributed by atoms with Crippen LogP contribution in [0.2, 0.25) is 30.1 Å². The number of aromatic amines is 4. The summed E-state index contributed by atoms with van der Waals surface area (Å²) in [5, 5.41) is 3.34. The molecule has 614 valence electrons. The molecule has 0 bridgehead atoms. The van der Waals surface area contributed by atoms with E-state index in [9.17, 15) is 52.8 Å². The van der Waals surface area contributed by atoms with Gasteiger partial charge in [-0.25, -0.2) is 83.5 Å². The molecule has 0 aliphatic rings. The number of carbonyl (C=O) groups is 4. The average Bonchev–Trinajstić information content (AvgIpc) is 1.76. The second-order valence-corrected chi connectivity index (χ2v) is 35.6. The minimum atomic E-state index is -4.06. The van der Waals surface area contributed by atoms with Crippen molar-refractivity contribution >= 4 is 200 Å². The number of ketones is 4. The number of rotatable bonds is 20. The lowest BCUT2D eigenvalue weighted by Gasteiger charge is -2.13. The lowest BCUT2D eigenvalue weighted by atomic mass is 10.1. The standard InChI is InChI=1S/C21H18ClN5O3S.2C19H13Cl2N5O3S.C19H15ClN6O3S/c1-11-8-17(27-31(29,30)14-4-5-16(22)12(2)9-14)19(24-10-11)20(28)18-15-6-7-23-21(15)26-13(3)25-18;1-10-6-12(2-3-14(10)21)30(28,29)26-15-7-11(20)8-23-17(15)18(27)16-13-4-5-22-19(13)25-9-24-16;1-10-6-15(26-30(28,29)11-2-3-13(20)14(21)7-11)17(23-8-10)18(27)16-12-4-5-22-19(12)25-9-24-16;1-10-5-14(26-30(28,29)12-3-4-13(20)11(2)6-12)15(21-7-10)18(27)16-17-19(24-8-22-16)25-9-23-17/h4-10,27H,1-3H3,(H,23,25,26);2*2-9,26H,1H3,(H,22,24,25);3-9,26H,1-2H3,(H,22,23,24,25). The summed E-state index contributed by atoms with van der Waals surface area (Å²) in [7, 11) is -16.1. The van der Waals surface area contributed by atoms with Crippen LogP contribution in [0.25, 0.3) is 44.3 Å². The van der Waals surface area contributed by atoms with Gasteiger partial charge in [-0.3, -0.25) is 53.0 Å². The van der Waals surface area contributed by atoms with E-state index in [4.69, 9.17) is 69.6 Å². The summed E-state index contributed by atoms with van der Waals surface area (Å²) in [5.74, 6) is -1.81. The summed E-state index contributed by atoms with van der Waals surface area (Å²) >= 11 is 35.8. The first-order valence-corrected chi connectivity index (χ1v) is 43.2. The van der Waals surface area contributed by atoms with E-state index < -0.39 is 63.2 Å². The quantitative estimate of drug-likeness (QED) is 0.0329. The maximum atomic E-state index is 13.3. The number of imidazole rings is 1. The number of carbonyl (C=O) groups excluding carboxylic acids is 4. The van der Waals surface area contributed by atoms with Crippen molar-refractivity contribution in [1.82, 2.24) is 84.7 Å². The van der Waals surface area contributed by atoms with Gasteiger partial charge in [0.05, 0.1) is 63.7 Å². The molecule has 0 spiro atoms. The van der Waals surface area contributed by atoms with E-state index in [0.29, 0.717) is 98.5 Å². The first kappa shape index (κ1) is 86.2. The predicted molar refractivity (Wildman–Crippen MR) is 456 cm³/mol. The smallest absolute Gasteiger partial charge is 0.262 e. The van der Waals surface area contributed by atoms with Crippen LogP contribution in [0.3, 0.4) is 0 Å². The number of H-pyrrole nitrogens is 4. The van der Waals surface area contributed by atoms with Gasteiger partial charge in [-0.05, 0) is 197 Å². The van der Waals surface area contributed by atoms with E-state index in [1.54, 1.807) is 91.3 Å². The SMILES string of the molecule is Cc1cc(S(=O)(=O)Nc2cc(Cl)cnc2C(=O)c2ncnc3[nH]ccc23)ccc1Cl.Cc1cnc(C(=O)c2nc(C)nc3[nH]ccc23)c(NS(=O)(=O)c2ccc(Cl)c(C)c2)c1.Cc1cnc(C(=O)c2ncnc3[nH]ccc23)c(NS(=O)(=O)c2ccc(Cl)c(Cl)c2)c1.Cc1cnc(C(=O)c2ncnc3nc[nH]c23)c(NS(=O)(=O)c2ccc(Cl)c(C)c2)c1. The molecule has 12 aromatic heterocycles. The van der Waals surface area contributed by atoms with Gasteiger partial charge in [0.2, 0.25) is 23.1 Å². The van der Waals surface area contributed by atoms with E-state index in [1.165, 1.54) is 141 Å². The Morgan fingerprint density at radius 3 is 1.07 bits per heavy atom. The van der Waals surface area contributed by atoms with Crippen molar-refractivity contribution in [2.75, 3.05) is 18.9 Å². The van der Waals surface area contributed by atoms with Crippen LogP contribution in [0.4, 0.5) is 22.7 Å². The number of aryl methyl sites for hydroxylation is 7. The molecule has 8 N–H and O–H groups in total. The van der Waals surface area contributed by atoms with E-state index in [1.807, 2.05) is 0 Å². The Labute approximate surface area is 717 Å². The third kappa shape index (κ3) is 19.1. The zero-order chi connectivity index (χ0) is 86.7. The predicted octanol–water partition coefficient (Wildman–Crippen LogP) is 15.0. The number of benzene rings is 4. The Bertz CT molecular complexity index is 6870. The van der Waals surface area contributed by atoms with Gasteiger partial charge >= 0.3 is 0 Å². The first-order chi connectivity index (χ1) is 57.4. The van der Waals surface area contributed by atoms with Gasteiger partial charge in [0, 0.05) is 74.6 Å². The van der Waals surface area contributed by atoms with Crippen LogP contribution < -0.4 is 18.9 Å². The fourth-order valence-corrected chi connectivity index (χ4v) is 17.1. The number of aromatic nitrogens is 17. The summed E-state index contributed by atoms with van der Waals surface area (Å²) in [6.45, 7) is 12.0. The fourth-order valence-electron chi connectivity index (χ4n) is 11.7. The molecule has 0 atom stereocenters. The van der Waals surface area contributed by atoms with Crippen LogP contribution >= 0.6 is 69.6 Å². The number of nitrogens with one attached hydrogen (secondary N) is 8. The molecule has 16 aromatic rings. The minimum absolute atomic E-state index is 0.0159. The second kappa shape index (κ2) is 35.3. The van der Waals surface area contributed by atoms with Gasteiger partial charge in [-0.15, -0.1) is 0 Å². The molecular formula is C78H59Cl6N21O12S4. The van der Waals surface area contributed by atoms with Gasteiger partial charge in [0.25, 0.3) is 40.1 Å². The number of fused-ring (bicyclic) bond motifs is 4. The Morgan fingerprint density at radius 1 is 0.314 bits per heavy atom. The molecule has 0 unspecified atom stereocenters. The van der Waals surface area contributed by atoms with Crippen LogP contribution in [-0.4, -0.2) is 142 Å². The minimum Gasteiger partial charge on any atom is -0.346 e. The number of halogens is 6. The molecular weight excluding hydrogens is 1760 g/mol. The maximum Gasteiger partial charge on any atom is 0.262 e. The molecule has 0 aliphatic heterocycles. The van der Waals surface area contributed by atoms with Crippen molar-refractivity contribution in [3.05, 3.63) is 299 Å². The highest BCUT2D eigenvalue weighted by atomic mass is 35.5. The summed E-state index contributed by atoms with van der Waals surface area (Å²) in [5.41, 5.74) is 6.02. The number of nitrogens with zero attached hydrogens (tertiary/aromatic N) is 13. The number of anilines is 4. The first-order valence-electron chi connectivity index (χ1n) is 35.0. The van der Waals surface area contributed by atoms with E-state index in [-0.39, 0.29) is 103 Å². The molecule has 121 heavy (non-hydrogen) atoms. The van der Waals surface area contributed by atoms with Crippen LogP contribution in [0.5, 0.6) is 0 Å². The molecule has 0 aliphatic carbocycles. The average molecular weight is 1820 g/mol. The molecule has 0 fully saturated rings. The zero-order valence-corrected chi connectivity index (χ0v) is 71.2. The van der Waals surface area contributed by atoms with Crippen molar-refractivity contribution < 1.29 is 52.8 Å². The summed E-state index contributed by atoms with van der Waals surface area (Å²) in [4.78, 5) is 118. The monoisotopic (exact) mass is 1820 g/mol. The molecule has 0 saturated carbocycles. The Balaban J connectivity index is 0.000000139. The third-order valence-electron chi connectivity index (χ3n) is 17.6. The van der Waals surface area contributed by atoms with Gasteiger partial charge in [0.1, 0.15) is 92.8 Å². The molecule has 4 aromatic carbocycles. The van der Waals surface area contributed by atoms with Gasteiger partial charge < -0.3 is 19.9 Å². The molecule has 33 nitrogen and oxygen atoms in total. The number of sulfonamides is 4. The van der Waals surface area contributed by atoms with E-state index in [2.05, 4.69) is 104 Å². The molecule has 16 rings (SSSR count). The summed E-state index contributed by atoms with van der Waals surface area (Å²) in [6, 6.07) is 27.9. The van der Waals surface area contributed by atoms with E-state index >= 15 is 0 Å². The molecule has 0 saturated heterocycles. The van der Waals surface area contributed by atoms with Crippen molar-refractivity contribution in [2.24, 2.45) is 0 Å². The van der Waals surface area contributed by atoms with Crippen molar-refractivity contribution in [2.45, 2.75) is 68.0 Å². The molecule has 0 radical (unpaired) electrons. The largest absolute Gasteiger partial charge is 0.346 e. The Kier molecular flexibility index (Phi) is 25.2. The van der Waals surface area contributed by atoms with Crippen molar-refractivity contribution in [1.29, 1.82) is 0 Å². The molecule has 12 heterocycles. The highest BCUT2D eigenvalue weighted by molar-refractivity contribution is 7.93. The molecule has 43 heteroatoms. The lowest BCUT2D eigenvalue weighted by molar-refractivity contribution is 0.102. The van der Waals surface area contributed by atoms with Crippen LogP contribution in [-0.2, 0) is 40.1 Å². The Hall–Kier alpha value is -12.7. The van der Waals surface area contributed by atoms with Crippen LogP contribution in [0.15, 0.2) is 204 Å². The van der Waals surface area contributed by atoms with Crippen LogP contribution in [0, 0.1) is 48.5 Å². The van der Waals surface area contributed by atoms with E-state index in [0.717, 1.165) is 0 Å². The fraction of sp³-hybridized carbons (Fsp3) is 0.0897.